The summed E-state index contributed by atoms with van der Waals surface area (Å²) in [5.74, 6) is -1.53. The Kier molecular flexibility index (Phi) is 10.6. The smallest absolute Gasteiger partial charge is 0.303 e. The van der Waals surface area contributed by atoms with E-state index in [9.17, 15) is 19.5 Å². The third-order valence-corrected chi connectivity index (χ3v) is 10.9. The minimum Gasteiger partial charge on any atom is -0.511 e. The first-order chi connectivity index (χ1) is 24.8. The summed E-state index contributed by atoms with van der Waals surface area (Å²) in [4.78, 5) is 51.4. The van der Waals surface area contributed by atoms with Gasteiger partial charge in [-0.25, -0.2) is 15.0 Å². The number of rotatable bonds is 13. The van der Waals surface area contributed by atoms with Gasteiger partial charge in [0.1, 0.15) is 5.76 Å². The van der Waals surface area contributed by atoms with Crippen LogP contribution in [-0.2, 0) is 19.1 Å². The predicted molar refractivity (Wildman–Crippen MR) is 202 cm³/mol. The van der Waals surface area contributed by atoms with Gasteiger partial charge in [0.25, 0.3) is 0 Å². The first-order valence-electron chi connectivity index (χ1n) is 18.4. The fourth-order valence-corrected chi connectivity index (χ4v) is 7.92. The summed E-state index contributed by atoms with van der Waals surface area (Å²) in [6.45, 7) is 15.0. The molecule has 6 aliphatic rings. The van der Waals surface area contributed by atoms with E-state index in [-0.39, 0.29) is 61.2 Å². The number of aliphatic hydroxyl groups excluding tert-OH is 1. The monoisotopic (exact) mass is 707 g/mol. The van der Waals surface area contributed by atoms with Crippen LogP contribution in [0.1, 0.15) is 93.4 Å². The topological polar surface area (TPSA) is 162 Å². The van der Waals surface area contributed by atoms with Crippen LogP contribution >= 0.6 is 0 Å². The summed E-state index contributed by atoms with van der Waals surface area (Å²) in [6.07, 6.45) is 8.28. The average Bonchev–Trinajstić information content (AvgIpc) is 3.86. The van der Waals surface area contributed by atoms with E-state index in [1.54, 1.807) is 0 Å². The van der Waals surface area contributed by atoms with Gasteiger partial charge >= 0.3 is 5.97 Å². The van der Waals surface area contributed by atoms with E-state index in [1.807, 2.05) is 13.0 Å². The number of fused-ring (bicyclic) bond motifs is 5. The third kappa shape index (κ3) is 6.98. The highest BCUT2D eigenvalue weighted by atomic mass is 16.5. The molecule has 0 aromatic heterocycles. The molecule has 0 spiro atoms. The summed E-state index contributed by atoms with van der Waals surface area (Å²) in [5, 5.41) is 26.6. The van der Waals surface area contributed by atoms with Gasteiger partial charge in [-0.15, -0.1) is 0 Å². The fourth-order valence-electron chi connectivity index (χ4n) is 7.92. The van der Waals surface area contributed by atoms with Gasteiger partial charge in [-0.3, -0.25) is 14.4 Å². The van der Waals surface area contributed by atoms with Crippen molar-refractivity contribution in [1.82, 2.24) is 10.6 Å². The van der Waals surface area contributed by atoms with Crippen LogP contribution in [0.15, 0.2) is 106 Å². The molecule has 1 amide bonds. The molecule has 0 aromatic rings. The molecule has 1 saturated heterocycles. The highest BCUT2D eigenvalue weighted by Crippen LogP contribution is 2.46. The Bertz CT molecular complexity index is 1990. The lowest BCUT2D eigenvalue weighted by atomic mass is 9.86. The summed E-state index contributed by atoms with van der Waals surface area (Å²) < 4.78 is 6.26. The lowest BCUT2D eigenvalue weighted by Gasteiger charge is -2.18. The van der Waals surface area contributed by atoms with E-state index < -0.39 is 5.97 Å². The van der Waals surface area contributed by atoms with E-state index in [0.29, 0.717) is 19.4 Å². The molecule has 5 heterocycles. The first kappa shape index (κ1) is 36.9. The molecule has 4 N–H and O–H groups in total. The summed E-state index contributed by atoms with van der Waals surface area (Å²) >= 11 is 0. The SMILES string of the molecule is CCCOC(C)C1=C(C)C2=NC1=CC1=NC(=CC3=C(C)C4=C(O)CC(=C5NC(=C2)[C@@H](C)[C@@H]5CCC(=O)NCC(=O)CCC(=O)O)C4=N3)C(CC)=C1C. The maximum Gasteiger partial charge on any atom is 0.303 e. The van der Waals surface area contributed by atoms with Crippen LogP contribution in [0.25, 0.3) is 0 Å². The summed E-state index contributed by atoms with van der Waals surface area (Å²) in [5.41, 5.74) is 13.6. The van der Waals surface area contributed by atoms with Gasteiger partial charge in [-0.05, 0) is 87.5 Å². The normalized spacial score (nSPS) is 22.8. The minimum atomic E-state index is -1.05. The van der Waals surface area contributed by atoms with Crippen LogP contribution in [0.2, 0.25) is 0 Å². The number of ether oxygens (including phenoxy) is 1. The van der Waals surface area contributed by atoms with Crippen molar-refractivity contribution in [2.75, 3.05) is 13.2 Å². The number of aliphatic hydroxyl groups is 1. The summed E-state index contributed by atoms with van der Waals surface area (Å²) in [7, 11) is 0. The largest absolute Gasteiger partial charge is 0.511 e. The first-order valence-corrected chi connectivity index (χ1v) is 18.4. The third-order valence-electron chi connectivity index (χ3n) is 10.9. The minimum absolute atomic E-state index is 0.0366. The van der Waals surface area contributed by atoms with Gasteiger partial charge in [-0.2, -0.15) is 0 Å². The predicted octanol–water partition coefficient (Wildman–Crippen LogP) is 6.80. The maximum absolute atomic E-state index is 13.0. The summed E-state index contributed by atoms with van der Waals surface area (Å²) in [6, 6.07) is 0. The molecular formula is C41H49N5O6. The van der Waals surface area contributed by atoms with Gasteiger partial charge in [0.05, 0.1) is 53.3 Å². The molecule has 11 heteroatoms. The Balaban J connectivity index is 1.43. The van der Waals surface area contributed by atoms with Crippen LogP contribution in [-0.4, -0.2) is 64.3 Å². The second-order valence-corrected chi connectivity index (χ2v) is 14.3. The van der Waals surface area contributed by atoms with E-state index in [2.05, 4.69) is 64.3 Å². The number of hydrogen-bond acceptors (Lipinski definition) is 9. The van der Waals surface area contributed by atoms with Crippen molar-refractivity contribution < 1.29 is 29.3 Å². The molecule has 1 unspecified atom stereocenters. The number of nitrogens with zero attached hydrogens (tertiary/aromatic N) is 3. The molecule has 1 aliphatic carbocycles. The Morgan fingerprint density at radius 1 is 0.981 bits per heavy atom. The van der Waals surface area contributed by atoms with Crippen molar-refractivity contribution >= 4 is 34.8 Å². The highest BCUT2D eigenvalue weighted by molar-refractivity contribution is 6.21. The van der Waals surface area contributed by atoms with Crippen molar-refractivity contribution in [2.45, 2.75) is 99.5 Å². The second-order valence-electron chi connectivity index (χ2n) is 14.3. The number of aliphatic imine (C=N–C) groups is 3. The maximum atomic E-state index is 13.0. The Hall–Kier alpha value is -4.90. The van der Waals surface area contributed by atoms with Crippen LogP contribution in [0.4, 0.5) is 0 Å². The molecule has 5 aliphatic heterocycles. The molecule has 11 nitrogen and oxygen atoms in total. The number of carbonyl (C=O) groups excluding carboxylic acids is 2. The van der Waals surface area contributed by atoms with Crippen LogP contribution in [0, 0.1) is 11.8 Å². The van der Waals surface area contributed by atoms with Crippen LogP contribution in [0.5, 0.6) is 0 Å². The number of hydrogen-bond donors (Lipinski definition) is 4. The number of Topliss-reactive ketones (excluding diaryl/α,β-unsaturated/α-hetero) is 1. The van der Waals surface area contributed by atoms with Gasteiger partial charge in [0.15, 0.2) is 5.78 Å². The Labute approximate surface area is 305 Å². The van der Waals surface area contributed by atoms with Crippen molar-refractivity contribution in [1.29, 1.82) is 0 Å². The number of ketones is 1. The van der Waals surface area contributed by atoms with Crippen LogP contribution in [0.3, 0.4) is 0 Å². The van der Waals surface area contributed by atoms with Crippen LogP contribution < -0.4 is 10.6 Å². The number of carboxylic acid groups (broad SMARTS) is 1. The molecule has 0 aromatic carbocycles. The number of allylic oxidation sites excluding steroid dienone is 11. The molecule has 6 rings (SSSR count). The lowest BCUT2D eigenvalue weighted by Crippen LogP contribution is -2.30. The highest BCUT2D eigenvalue weighted by Gasteiger charge is 2.41. The standard InChI is InChI=1S/C41H49N5O6/c1-8-14-52-24(7)38-22(5)31-16-30-21(4)27(11-12-36(49)42-19-25(47)10-13-37(50)51)40(45-30)28-15-35(48)39-23(6)32(46-41(28)39)17-33-26(9-2)20(3)29(43-33)18-34(38)44-31/h16-18,21,24,27,45,48H,8-15,19H2,1-7H3,(H,42,49)(H,50,51)/t21-,24?,27-/m0/s1. The zero-order chi connectivity index (χ0) is 37.4. The van der Waals surface area contributed by atoms with Crippen molar-refractivity contribution in [3.63, 3.8) is 0 Å². The molecule has 1 fully saturated rings. The number of carboxylic acids is 1. The lowest BCUT2D eigenvalue weighted by molar-refractivity contribution is -0.138. The number of aliphatic carboxylic acids is 1. The Morgan fingerprint density at radius 3 is 2.42 bits per heavy atom. The fraction of sp³-hybridized carbons (Fsp3) is 0.463. The molecule has 0 saturated carbocycles. The molecule has 0 radical (unpaired) electrons. The zero-order valence-electron chi connectivity index (χ0n) is 31.2. The molecular weight excluding hydrogens is 658 g/mol. The molecule has 52 heavy (non-hydrogen) atoms. The average molecular weight is 708 g/mol. The van der Waals surface area contributed by atoms with E-state index in [1.165, 1.54) is 0 Å². The van der Waals surface area contributed by atoms with Gasteiger partial charge in [0.2, 0.25) is 5.91 Å². The number of nitrogens with one attached hydrogen (secondary N) is 2. The quantitative estimate of drug-likeness (QED) is 0.164. The molecule has 8 bridgehead atoms. The Morgan fingerprint density at radius 2 is 1.71 bits per heavy atom. The van der Waals surface area contributed by atoms with Gasteiger partial charge in [-0.1, -0.05) is 20.8 Å². The van der Waals surface area contributed by atoms with Crippen molar-refractivity contribution in [3.8, 4) is 0 Å². The number of carbonyl (C=O) groups is 3. The van der Waals surface area contributed by atoms with Crippen molar-refractivity contribution in [3.05, 3.63) is 91.5 Å². The van der Waals surface area contributed by atoms with E-state index in [4.69, 9.17) is 24.8 Å². The number of amides is 1. The molecule has 3 atom stereocenters. The van der Waals surface area contributed by atoms with E-state index >= 15 is 0 Å². The zero-order valence-corrected chi connectivity index (χ0v) is 31.2. The van der Waals surface area contributed by atoms with E-state index in [0.717, 1.165) is 97.5 Å². The second kappa shape index (κ2) is 15.0. The van der Waals surface area contributed by atoms with Gasteiger partial charge in [0, 0.05) is 65.8 Å². The van der Waals surface area contributed by atoms with Crippen molar-refractivity contribution in [2.24, 2.45) is 26.8 Å². The molecule has 274 valence electrons. The van der Waals surface area contributed by atoms with Gasteiger partial charge < -0.3 is 25.6 Å².